The van der Waals surface area contributed by atoms with E-state index in [1.165, 1.54) is 5.56 Å². The average Bonchev–Trinajstić information content (AvgIpc) is 3.22. The highest BCUT2D eigenvalue weighted by Crippen LogP contribution is 2.45. The van der Waals surface area contributed by atoms with Gasteiger partial charge in [-0.1, -0.05) is 0 Å². The fourth-order valence-corrected chi connectivity index (χ4v) is 2.80. The van der Waals surface area contributed by atoms with E-state index in [2.05, 4.69) is 12.2 Å². The van der Waals surface area contributed by atoms with Crippen LogP contribution in [-0.4, -0.2) is 23.5 Å². The van der Waals surface area contributed by atoms with Gasteiger partial charge in [0.1, 0.15) is 0 Å². The number of carbonyl (C=O) groups excluding carboxylic acids is 1. The lowest BCUT2D eigenvalue weighted by molar-refractivity contribution is -0.143. The molecule has 114 valence electrons. The minimum Gasteiger partial charge on any atom is -0.481 e. The highest BCUT2D eigenvalue weighted by molar-refractivity contribution is 5.98. The molecule has 21 heavy (non-hydrogen) atoms. The van der Waals surface area contributed by atoms with Crippen LogP contribution < -0.4 is 5.32 Å². The molecule has 0 atom stereocenters. The quantitative estimate of drug-likeness (QED) is 0.895. The van der Waals surface area contributed by atoms with Crippen LogP contribution in [0, 0.1) is 40.0 Å². The fourth-order valence-electron chi connectivity index (χ4n) is 2.80. The Morgan fingerprint density at radius 1 is 0.952 bits per heavy atom. The molecule has 0 radical (unpaired) electrons. The lowest BCUT2D eigenvalue weighted by Gasteiger charge is -2.19. The summed E-state index contributed by atoms with van der Waals surface area (Å²) < 4.78 is 0. The third-order valence-corrected chi connectivity index (χ3v) is 5.12. The van der Waals surface area contributed by atoms with E-state index in [4.69, 9.17) is 5.11 Å². The summed E-state index contributed by atoms with van der Waals surface area (Å²) in [5, 5.41) is 12.0. The minimum atomic E-state index is -0.812. The molecule has 1 fully saturated rings. The number of nitrogens with one attached hydrogen (secondary N) is 1. The molecular formula is C17H23NO3. The van der Waals surface area contributed by atoms with E-state index >= 15 is 0 Å². The lowest BCUT2D eigenvalue weighted by atomic mass is 9.89. The van der Waals surface area contributed by atoms with Crippen molar-refractivity contribution >= 4 is 11.9 Å². The Kier molecular flexibility index (Phi) is 3.83. The third-order valence-electron chi connectivity index (χ3n) is 5.12. The molecule has 1 aromatic carbocycles. The number of benzene rings is 1. The van der Waals surface area contributed by atoms with Crippen molar-refractivity contribution in [3.8, 4) is 0 Å². The Labute approximate surface area is 125 Å². The summed E-state index contributed by atoms with van der Waals surface area (Å²) in [7, 11) is 0. The van der Waals surface area contributed by atoms with E-state index in [1.807, 2.05) is 27.7 Å². The van der Waals surface area contributed by atoms with Crippen molar-refractivity contribution in [2.75, 3.05) is 6.54 Å². The van der Waals surface area contributed by atoms with Crippen molar-refractivity contribution in [1.29, 1.82) is 0 Å². The first-order valence-electron chi connectivity index (χ1n) is 7.30. The highest BCUT2D eigenvalue weighted by atomic mass is 16.4. The van der Waals surface area contributed by atoms with Gasteiger partial charge in [0.15, 0.2) is 0 Å². The van der Waals surface area contributed by atoms with Crippen LogP contribution in [0.4, 0.5) is 0 Å². The first-order valence-corrected chi connectivity index (χ1v) is 7.30. The SMILES string of the molecule is Cc1c(C)c(C)c(C(=O)NCC2(C(=O)O)CC2)c(C)c1C. The zero-order chi connectivity index (χ0) is 15.9. The van der Waals surface area contributed by atoms with Gasteiger partial charge in [-0.05, 0) is 75.3 Å². The van der Waals surface area contributed by atoms with E-state index < -0.39 is 11.4 Å². The van der Waals surface area contributed by atoms with Crippen LogP contribution in [0.1, 0.15) is 51.0 Å². The predicted molar refractivity (Wildman–Crippen MR) is 81.8 cm³/mol. The van der Waals surface area contributed by atoms with Gasteiger partial charge in [0, 0.05) is 12.1 Å². The van der Waals surface area contributed by atoms with Crippen LogP contribution in [0.2, 0.25) is 0 Å². The number of amides is 1. The molecule has 4 nitrogen and oxygen atoms in total. The van der Waals surface area contributed by atoms with E-state index in [0.717, 1.165) is 22.3 Å². The smallest absolute Gasteiger partial charge is 0.311 e. The van der Waals surface area contributed by atoms with Crippen LogP contribution in [0.25, 0.3) is 0 Å². The number of hydrogen-bond donors (Lipinski definition) is 2. The summed E-state index contributed by atoms with van der Waals surface area (Å²) in [5.74, 6) is -0.976. The molecule has 0 saturated heterocycles. The number of carboxylic acid groups (broad SMARTS) is 1. The normalized spacial score (nSPS) is 15.7. The molecule has 1 amide bonds. The molecule has 0 heterocycles. The molecule has 0 bridgehead atoms. The number of carbonyl (C=O) groups is 2. The van der Waals surface area contributed by atoms with Crippen LogP contribution in [-0.2, 0) is 4.79 Å². The topological polar surface area (TPSA) is 66.4 Å². The zero-order valence-electron chi connectivity index (χ0n) is 13.4. The number of rotatable bonds is 4. The van der Waals surface area contributed by atoms with Crippen molar-refractivity contribution in [2.45, 2.75) is 47.5 Å². The molecule has 0 aromatic heterocycles. The first-order chi connectivity index (χ1) is 9.71. The summed E-state index contributed by atoms with van der Waals surface area (Å²) in [6, 6.07) is 0. The van der Waals surface area contributed by atoms with Crippen molar-refractivity contribution < 1.29 is 14.7 Å². The first kappa shape index (κ1) is 15.5. The van der Waals surface area contributed by atoms with Gasteiger partial charge in [0.2, 0.25) is 0 Å². The van der Waals surface area contributed by atoms with Gasteiger partial charge in [-0.15, -0.1) is 0 Å². The maximum atomic E-state index is 12.5. The van der Waals surface area contributed by atoms with Gasteiger partial charge in [0.25, 0.3) is 5.91 Å². The molecule has 0 spiro atoms. The monoisotopic (exact) mass is 289 g/mol. The summed E-state index contributed by atoms with van der Waals surface area (Å²) in [6.07, 6.45) is 1.29. The summed E-state index contributed by atoms with van der Waals surface area (Å²) >= 11 is 0. The molecule has 0 aliphatic heterocycles. The standard InChI is InChI=1S/C17H23NO3/c1-9-10(2)12(4)14(13(5)11(9)3)15(19)18-8-17(6-7-17)16(20)21/h6-8H2,1-5H3,(H,18,19)(H,20,21). The van der Waals surface area contributed by atoms with Gasteiger partial charge in [-0.2, -0.15) is 0 Å². The summed E-state index contributed by atoms with van der Waals surface area (Å²) in [6.45, 7) is 10.2. The Balaban J connectivity index is 2.26. The van der Waals surface area contributed by atoms with E-state index in [9.17, 15) is 9.59 Å². The Bertz CT molecular complexity index is 598. The average molecular weight is 289 g/mol. The predicted octanol–water partition coefficient (Wildman–Crippen LogP) is 2.82. The molecule has 2 rings (SSSR count). The van der Waals surface area contributed by atoms with E-state index in [0.29, 0.717) is 18.4 Å². The highest BCUT2D eigenvalue weighted by Gasteiger charge is 2.50. The van der Waals surface area contributed by atoms with E-state index in [1.54, 1.807) is 0 Å². The van der Waals surface area contributed by atoms with Gasteiger partial charge < -0.3 is 10.4 Å². The number of carboxylic acids is 1. The van der Waals surface area contributed by atoms with Gasteiger partial charge in [-0.3, -0.25) is 9.59 Å². The second-order valence-corrected chi connectivity index (χ2v) is 6.27. The van der Waals surface area contributed by atoms with Crippen LogP contribution in [0.5, 0.6) is 0 Å². The molecule has 1 aliphatic carbocycles. The van der Waals surface area contributed by atoms with Gasteiger partial charge in [-0.25, -0.2) is 0 Å². The Morgan fingerprint density at radius 2 is 1.38 bits per heavy atom. The molecule has 1 saturated carbocycles. The summed E-state index contributed by atoms with van der Waals surface area (Å²) in [4.78, 5) is 23.7. The van der Waals surface area contributed by atoms with Crippen LogP contribution in [0.3, 0.4) is 0 Å². The lowest BCUT2D eigenvalue weighted by Crippen LogP contribution is -2.35. The number of hydrogen-bond acceptors (Lipinski definition) is 2. The fraction of sp³-hybridized carbons (Fsp3) is 0.529. The molecule has 2 N–H and O–H groups in total. The Morgan fingerprint density at radius 3 is 1.76 bits per heavy atom. The zero-order valence-corrected chi connectivity index (χ0v) is 13.4. The Hall–Kier alpha value is -1.84. The van der Waals surface area contributed by atoms with Gasteiger partial charge in [0.05, 0.1) is 5.41 Å². The van der Waals surface area contributed by atoms with Crippen LogP contribution in [0.15, 0.2) is 0 Å². The second-order valence-electron chi connectivity index (χ2n) is 6.27. The molecule has 4 heteroatoms. The van der Waals surface area contributed by atoms with Crippen molar-refractivity contribution in [2.24, 2.45) is 5.41 Å². The molecular weight excluding hydrogens is 266 g/mol. The third kappa shape index (κ3) is 2.55. The second kappa shape index (κ2) is 5.17. The van der Waals surface area contributed by atoms with Crippen molar-refractivity contribution in [3.05, 3.63) is 33.4 Å². The molecule has 0 unspecified atom stereocenters. The maximum absolute atomic E-state index is 12.5. The maximum Gasteiger partial charge on any atom is 0.311 e. The molecule has 1 aromatic rings. The van der Waals surface area contributed by atoms with E-state index in [-0.39, 0.29) is 12.5 Å². The minimum absolute atomic E-state index is 0.163. The largest absolute Gasteiger partial charge is 0.481 e. The van der Waals surface area contributed by atoms with Crippen molar-refractivity contribution in [1.82, 2.24) is 5.32 Å². The van der Waals surface area contributed by atoms with Crippen molar-refractivity contribution in [3.63, 3.8) is 0 Å². The van der Waals surface area contributed by atoms with Gasteiger partial charge >= 0.3 is 5.97 Å². The molecule has 1 aliphatic rings. The number of aliphatic carboxylic acids is 1. The summed E-state index contributed by atoms with van der Waals surface area (Å²) in [5.41, 5.74) is 5.39. The van der Waals surface area contributed by atoms with Crippen LogP contribution >= 0.6 is 0 Å².